The topological polar surface area (TPSA) is 23.5 Å². The molecule has 0 bridgehead atoms. The van der Waals surface area contributed by atoms with Gasteiger partial charge in [-0.05, 0) is 36.5 Å². The van der Waals surface area contributed by atoms with Crippen LogP contribution in [0.2, 0.25) is 0 Å². The normalized spacial score (nSPS) is 14.4. The summed E-state index contributed by atoms with van der Waals surface area (Å²) < 4.78 is 13.7. The van der Waals surface area contributed by atoms with Crippen molar-refractivity contribution < 1.29 is 9.50 Å². The zero-order chi connectivity index (χ0) is 15.2. The van der Waals surface area contributed by atoms with Gasteiger partial charge in [-0.1, -0.05) is 31.8 Å². The molecule has 114 valence electrons. The van der Waals surface area contributed by atoms with E-state index in [0.717, 1.165) is 18.7 Å². The van der Waals surface area contributed by atoms with E-state index in [1.54, 1.807) is 0 Å². The van der Waals surface area contributed by atoms with Gasteiger partial charge in [0.25, 0.3) is 0 Å². The first-order chi connectivity index (χ1) is 10.1. The molecule has 2 rings (SSSR count). The summed E-state index contributed by atoms with van der Waals surface area (Å²) in [5.74, 6) is 5.94. The fourth-order valence-electron chi connectivity index (χ4n) is 2.47. The first-order valence-electron chi connectivity index (χ1n) is 7.72. The number of aliphatic hydroxyl groups excluding tert-OH is 1. The maximum atomic E-state index is 13.7. The Hall–Kier alpha value is -1.37. The first-order valence-corrected chi connectivity index (χ1v) is 7.72. The molecule has 0 spiro atoms. The molecule has 0 amide bonds. The summed E-state index contributed by atoms with van der Waals surface area (Å²) in [7, 11) is 0. The van der Waals surface area contributed by atoms with Crippen LogP contribution in [0.1, 0.15) is 44.2 Å². The number of nitrogens with zero attached hydrogens (tertiary/aromatic N) is 1. The summed E-state index contributed by atoms with van der Waals surface area (Å²) in [6.07, 6.45) is 2.93. The lowest BCUT2D eigenvalue weighted by Crippen LogP contribution is -2.29. The van der Waals surface area contributed by atoms with E-state index in [2.05, 4.69) is 30.6 Å². The molecule has 1 aromatic rings. The third-order valence-electron chi connectivity index (χ3n) is 3.54. The van der Waals surface area contributed by atoms with Crippen molar-refractivity contribution in [2.45, 2.75) is 45.7 Å². The standard InChI is InChI=1S/C18H24FNO/c1-14(2)12-20(17-7-8-17)13-15-6-9-18(19)16(11-15)5-3-4-10-21/h6,9,11,14,17,21H,4,7-8,10,12-13H2,1-2H3. The lowest BCUT2D eigenvalue weighted by atomic mass is 10.1. The molecule has 0 unspecified atom stereocenters. The average Bonchev–Trinajstić information content (AvgIpc) is 3.25. The minimum atomic E-state index is -0.286. The van der Waals surface area contributed by atoms with Crippen molar-refractivity contribution in [1.82, 2.24) is 4.90 Å². The highest BCUT2D eigenvalue weighted by atomic mass is 19.1. The molecule has 1 aliphatic rings. The summed E-state index contributed by atoms with van der Waals surface area (Å²) in [5.41, 5.74) is 1.54. The van der Waals surface area contributed by atoms with Crippen LogP contribution in [0.4, 0.5) is 4.39 Å². The molecule has 0 heterocycles. The predicted molar refractivity (Wildman–Crippen MR) is 83.3 cm³/mol. The monoisotopic (exact) mass is 289 g/mol. The number of aliphatic hydroxyl groups is 1. The van der Waals surface area contributed by atoms with Crippen LogP contribution in [0.3, 0.4) is 0 Å². The molecule has 1 saturated carbocycles. The van der Waals surface area contributed by atoms with Crippen molar-refractivity contribution in [3.05, 3.63) is 35.1 Å². The van der Waals surface area contributed by atoms with Crippen molar-refractivity contribution >= 4 is 0 Å². The molecular weight excluding hydrogens is 265 g/mol. The molecule has 0 aromatic heterocycles. The van der Waals surface area contributed by atoms with Crippen LogP contribution >= 0.6 is 0 Å². The predicted octanol–water partition coefficient (Wildman–Crippen LogP) is 3.18. The average molecular weight is 289 g/mol. The van der Waals surface area contributed by atoms with Gasteiger partial charge < -0.3 is 5.11 Å². The van der Waals surface area contributed by atoms with Crippen molar-refractivity contribution in [3.63, 3.8) is 0 Å². The second-order valence-corrected chi connectivity index (χ2v) is 6.14. The molecular formula is C18H24FNO. The van der Waals surface area contributed by atoms with E-state index in [1.165, 1.54) is 18.9 Å². The van der Waals surface area contributed by atoms with Crippen LogP contribution < -0.4 is 0 Å². The largest absolute Gasteiger partial charge is 0.395 e. The number of hydrogen-bond donors (Lipinski definition) is 1. The van der Waals surface area contributed by atoms with Gasteiger partial charge in [0.1, 0.15) is 5.82 Å². The van der Waals surface area contributed by atoms with Crippen LogP contribution in [0.15, 0.2) is 18.2 Å². The van der Waals surface area contributed by atoms with Gasteiger partial charge in [0.05, 0.1) is 12.2 Å². The molecule has 1 fully saturated rings. The van der Waals surface area contributed by atoms with E-state index < -0.39 is 0 Å². The minimum Gasteiger partial charge on any atom is -0.395 e. The van der Waals surface area contributed by atoms with Gasteiger partial charge in [-0.25, -0.2) is 4.39 Å². The Bertz CT molecular complexity index is 526. The Morgan fingerprint density at radius 3 is 2.76 bits per heavy atom. The summed E-state index contributed by atoms with van der Waals surface area (Å²) in [5, 5.41) is 8.74. The smallest absolute Gasteiger partial charge is 0.138 e. The van der Waals surface area contributed by atoms with Crippen LogP contribution in [0.25, 0.3) is 0 Å². The Morgan fingerprint density at radius 1 is 1.38 bits per heavy atom. The number of benzene rings is 1. The number of rotatable bonds is 6. The van der Waals surface area contributed by atoms with Gasteiger partial charge in [-0.3, -0.25) is 4.90 Å². The highest BCUT2D eigenvalue weighted by Gasteiger charge is 2.29. The van der Waals surface area contributed by atoms with Gasteiger partial charge in [-0.15, -0.1) is 0 Å². The van der Waals surface area contributed by atoms with Gasteiger partial charge in [0.2, 0.25) is 0 Å². The second kappa shape index (κ2) is 7.59. The SMILES string of the molecule is CC(C)CN(Cc1ccc(F)c(C#CCCO)c1)C1CC1. The molecule has 21 heavy (non-hydrogen) atoms. The molecule has 3 heteroatoms. The zero-order valence-corrected chi connectivity index (χ0v) is 12.9. The minimum absolute atomic E-state index is 0.0121. The maximum absolute atomic E-state index is 13.7. The fraction of sp³-hybridized carbons (Fsp3) is 0.556. The Morgan fingerprint density at radius 2 is 2.14 bits per heavy atom. The Balaban J connectivity index is 2.08. The van der Waals surface area contributed by atoms with Crippen LogP contribution in [0.5, 0.6) is 0 Å². The second-order valence-electron chi connectivity index (χ2n) is 6.14. The summed E-state index contributed by atoms with van der Waals surface area (Å²) in [6, 6.07) is 5.89. The summed E-state index contributed by atoms with van der Waals surface area (Å²) in [6.45, 7) is 6.40. The lowest BCUT2D eigenvalue weighted by molar-refractivity contribution is 0.226. The zero-order valence-electron chi connectivity index (χ0n) is 12.9. The van der Waals surface area contributed by atoms with E-state index in [4.69, 9.17) is 5.11 Å². The highest BCUT2D eigenvalue weighted by molar-refractivity contribution is 5.38. The molecule has 0 radical (unpaired) electrons. The Labute approximate surface area is 127 Å². The molecule has 0 aliphatic heterocycles. The molecule has 0 saturated heterocycles. The van der Waals surface area contributed by atoms with Gasteiger partial charge in [-0.2, -0.15) is 0 Å². The van der Waals surface area contributed by atoms with Gasteiger partial charge >= 0.3 is 0 Å². The number of hydrogen-bond acceptors (Lipinski definition) is 2. The summed E-state index contributed by atoms with van der Waals surface area (Å²) >= 11 is 0. The first kappa shape index (κ1) is 16.0. The fourth-order valence-corrected chi connectivity index (χ4v) is 2.47. The van der Waals surface area contributed by atoms with E-state index in [-0.39, 0.29) is 12.4 Å². The van der Waals surface area contributed by atoms with Crippen LogP contribution in [0, 0.1) is 23.6 Å². The maximum Gasteiger partial charge on any atom is 0.138 e. The number of halogens is 1. The van der Waals surface area contributed by atoms with E-state index in [1.807, 2.05) is 12.1 Å². The van der Waals surface area contributed by atoms with Crippen molar-refractivity contribution in [3.8, 4) is 11.8 Å². The molecule has 2 nitrogen and oxygen atoms in total. The third-order valence-corrected chi connectivity index (χ3v) is 3.54. The van der Waals surface area contributed by atoms with E-state index in [9.17, 15) is 4.39 Å². The molecule has 1 aliphatic carbocycles. The van der Waals surface area contributed by atoms with Crippen LogP contribution in [-0.4, -0.2) is 29.2 Å². The van der Waals surface area contributed by atoms with Gasteiger partial charge in [0.15, 0.2) is 0 Å². The molecule has 0 atom stereocenters. The third kappa shape index (κ3) is 5.15. The lowest BCUT2D eigenvalue weighted by Gasteiger charge is -2.24. The quantitative estimate of drug-likeness (QED) is 0.813. The van der Waals surface area contributed by atoms with Crippen LogP contribution in [-0.2, 0) is 6.54 Å². The van der Waals surface area contributed by atoms with Crippen molar-refractivity contribution in [2.75, 3.05) is 13.2 Å². The molecule has 1 aromatic carbocycles. The molecule has 1 N–H and O–H groups in total. The van der Waals surface area contributed by atoms with E-state index in [0.29, 0.717) is 23.9 Å². The van der Waals surface area contributed by atoms with Crippen molar-refractivity contribution in [1.29, 1.82) is 0 Å². The van der Waals surface area contributed by atoms with E-state index >= 15 is 0 Å². The van der Waals surface area contributed by atoms with Gasteiger partial charge in [0, 0.05) is 25.6 Å². The van der Waals surface area contributed by atoms with Crippen molar-refractivity contribution in [2.24, 2.45) is 5.92 Å². The highest BCUT2D eigenvalue weighted by Crippen LogP contribution is 2.29. The summed E-state index contributed by atoms with van der Waals surface area (Å²) in [4.78, 5) is 2.49. The Kier molecular flexibility index (Phi) is 5.78.